The summed E-state index contributed by atoms with van der Waals surface area (Å²) in [4.78, 5) is 0. The molecule has 0 fully saturated rings. The molecule has 62 valence electrons. The van der Waals surface area contributed by atoms with Crippen molar-refractivity contribution in [2.24, 2.45) is 18.7 Å². The maximum atomic E-state index is 5.49. The highest BCUT2D eigenvalue weighted by Gasteiger charge is 2.04. The molecule has 1 aromatic rings. The fourth-order valence-corrected chi connectivity index (χ4v) is 0.936. The lowest BCUT2D eigenvalue weighted by molar-refractivity contribution is 0.556. The zero-order chi connectivity index (χ0) is 8.27. The van der Waals surface area contributed by atoms with Crippen LogP contribution in [0, 0.1) is 5.92 Å². The first-order valence-corrected chi connectivity index (χ1v) is 3.77. The summed E-state index contributed by atoms with van der Waals surface area (Å²) in [5.41, 5.74) is 6.63. The van der Waals surface area contributed by atoms with Gasteiger partial charge in [0.25, 0.3) is 0 Å². The summed E-state index contributed by atoms with van der Waals surface area (Å²) < 4.78 is 1.78. The Morgan fingerprint density at radius 3 is 2.91 bits per heavy atom. The van der Waals surface area contributed by atoms with Crippen LogP contribution in [0.1, 0.15) is 12.6 Å². The number of hydrogen-bond donors (Lipinski definition) is 1. The summed E-state index contributed by atoms with van der Waals surface area (Å²) in [6.45, 7) is 2.83. The van der Waals surface area contributed by atoms with Gasteiger partial charge in [0, 0.05) is 7.05 Å². The monoisotopic (exact) mass is 154 g/mol. The number of aryl methyl sites for hydroxylation is 1. The Labute approximate surface area is 66.4 Å². The van der Waals surface area contributed by atoms with E-state index in [2.05, 4.69) is 17.2 Å². The molecule has 0 saturated carbocycles. The minimum absolute atomic E-state index is 0.507. The third kappa shape index (κ3) is 2.01. The highest BCUT2D eigenvalue weighted by Crippen LogP contribution is 2.03. The first kappa shape index (κ1) is 8.20. The van der Waals surface area contributed by atoms with E-state index >= 15 is 0 Å². The SMILES string of the molecule is CC(CN)Cc1cnnn1C. The number of hydrogen-bond acceptors (Lipinski definition) is 3. The highest BCUT2D eigenvalue weighted by atomic mass is 15.4. The number of rotatable bonds is 3. The maximum Gasteiger partial charge on any atom is 0.0725 e. The normalized spacial score (nSPS) is 13.4. The van der Waals surface area contributed by atoms with Crippen LogP contribution in [0.5, 0.6) is 0 Å². The van der Waals surface area contributed by atoms with Gasteiger partial charge in [0.2, 0.25) is 0 Å². The Morgan fingerprint density at radius 1 is 1.73 bits per heavy atom. The van der Waals surface area contributed by atoms with Crippen molar-refractivity contribution in [2.45, 2.75) is 13.3 Å². The second-order valence-electron chi connectivity index (χ2n) is 2.89. The fraction of sp³-hybridized carbons (Fsp3) is 0.714. The van der Waals surface area contributed by atoms with E-state index in [1.807, 2.05) is 7.05 Å². The van der Waals surface area contributed by atoms with Crippen molar-refractivity contribution in [1.82, 2.24) is 15.0 Å². The summed E-state index contributed by atoms with van der Waals surface area (Å²) in [5.74, 6) is 0.507. The number of nitrogens with two attached hydrogens (primary N) is 1. The first-order valence-electron chi connectivity index (χ1n) is 3.77. The van der Waals surface area contributed by atoms with E-state index in [9.17, 15) is 0 Å². The van der Waals surface area contributed by atoms with Crippen LogP contribution >= 0.6 is 0 Å². The van der Waals surface area contributed by atoms with E-state index in [-0.39, 0.29) is 0 Å². The van der Waals surface area contributed by atoms with Gasteiger partial charge in [-0.25, -0.2) is 0 Å². The molecule has 2 N–H and O–H groups in total. The van der Waals surface area contributed by atoms with Gasteiger partial charge in [-0.2, -0.15) is 0 Å². The van der Waals surface area contributed by atoms with Crippen molar-refractivity contribution in [3.05, 3.63) is 11.9 Å². The molecule has 0 bridgehead atoms. The zero-order valence-corrected chi connectivity index (χ0v) is 6.99. The molecule has 0 aliphatic heterocycles. The van der Waals surface area contributed by atoms with E-state index in [1.165, 1.54) is 0 Å². The molecule has 1 rings (SSSR count). The van der Waals surface area contributed by atoms with Gasteiger partial charge in [0.05, 0.1) is 11.9 Å². The van der Waals surface area contributed by atoms with Crippen LogP contribution in [0.25, 0.3) is 0 Å². The molecule has 1 unspecified atom stereocenters. The number of nitrogens with zero attached hydrogens (tertiary/aromatic N) is 3. The predicted octanol–water partition coefficient (Wildman–Crippen LogP) is -0.0476. The minimum atomic E-state index is 0.507. The van der Waals surface area contributed by atoms with Crippen LogP contribution in [-0.4, -0.2) is 21.5 Å². The molecule has 0 radical (unpaired) electrons. The molecule has 0 saturated heterocycles. The van der Waals surface area contributed by atoms with E-state index in [0.717, 1.165) is 12.1 Å². The molecule has 11 heavy (non-hydrogen) atoms. The minimum Gasteiger partial charge on any atom is -0.330 e. The third-order valence-electron chi connectivity index (χ3n) is 1.77. The molecule has 0 aliphatic carbocycles. The van der Waals surface area contributed by atoms with Gasteiger partial charge in [-0.1, -0.05) is 12.1 Å². The summed E-state index contributed by atoms with van der Waals surface area (Å²) in [7, 11) is 1.89. The van der Waals surface area contributed by atoms with Gasteiger partial charge in [-0.3, -0.25) is 4.68 Å². The van der Waals surface area contributed by atoms with Crippen molar-refractivity contribution >= 4 is 0 Å². The van der Waals surface area contributed by atoms with Gasteiger partial charge in [0.15, 0.2) is 0 Å². The largest absolute Gasteiger partial charge is 0.330 e. The summed E-state index contributed by atoms with van der Waals surface area (Å²) in [5, 5.41) is 7.61. The number of aromatic nitrogens is 3. The van der Waals surface area contributed by atoms with Crippen LogP contribution < -0.4 is 5.73 Å². The standard InChI is InChI=1S/C7H14N4/c1-6(4-8)3-7-5-9-10-11(7)2/h5-6H,3-4,8H2,1-2H3. The van der Waals surface area contributed by atoms with Crippen molar-refractivity contribution in [3.63, 3.8) is 0 Å². The highest BCUT2D eigenvalue weighted by molar-refractivity contribution is 4.94. The van der Waals surface area contributed by atoms with Crippen LogP contribution in [0.4, 0.5) is 0 Å². The van der Waals surface area contributed by atoms with E-state index < -0.39 is 0 Å². The van der Waals surface area contributed by atoms with Gasteiger partial charge in [-0.15, -0.1) is 5.10 Å². The van der Waals surface area contributed by atoms with E-state index in [1.54, 1.807) is 10.9 Å². The van der Waals surface area contributed by atoms with Crippen LogP contribution in [0.3, 0.4) is 0 Å². The Bertz CT molecular complexity index is 218. The molecular formula is C7H14N4. The average Bonchev–Trinajstić information content (AvgIpc) is 2.37. The first-order chi connectivity index (χ1) is 5.24. The maximum absolute atomic E-state index is 5.49. The third-order valence-corrected chi connectivity index (χ3v) is 1.77. The van der Waals surface area contributed by atoms with E-state index in [4.69, 9.17) is 5.73 Å². The second-order valence-corrected chi connectivity index (χ2v) is 2.89. The Balaban J connectivity index is 2.56. The molecule has 4 nitrogen and oxygen atoms in total. The fourth-order valence-electron chi connectivity index (χ4n) is 0.936. The predicted molar refractivity (Wildman–Crippen MR) is 42.9 cm³/mol. The lowest BCUT2D eigenvalue weighted by atomic mass is 10.1. The lowest BCUT2D eigenvalue weighted by Gasteiger charge is -2.06. The Hall–Kier alpha value is -0.900. The summed E-state index contributed by atoms with van der Waals surface area (Å²) in [6.07, 6.45) is 2.74. The van der Waals surface area contributed by atoms with Crippen molar-refractivity contribution < 1.29 is 0 Å². The lowest BCUT2D eigenvalue weighted by Crippen LogP contribution is -2.14. The molecule has 1 heterocycles. The molecule has 0 amide bonds. The molecule has 4 heteroatoms. The average molecular weight is 154 g/mol. The van der Waals surface area contributed by atoms with Gasteiger partial charge < -0.3 is 5.73 Å². The van der Waals surface area contributed by atoms with Gasteiger partial charge in [0.1, 0.15) is 0 Å². The quantitative estimate of drug-likeness (QED) is 0.664. The smallest absolute Gasteiger partial charge is 0.0725 e. The molecule has 0 aliphatic rings. The van der Waals surface area contributed by atoms with Crippen LogP contribution in [0.2, 0.25) is 0 Å². The van der Waals surface area contributed by atoms with Crippen molar-refractivity contribution in [3.8, 4) is 0 Å². The molecular weight excluding hydrogens is 140 g/mol. The molecule has 0 spiro atoms. The van der Waals surface area contributed by atoms with Crippen molar-refractivity contribution in [1.29, 1.82) is 0 Å². The summed E-state index contributed by atoms with van der Waals surface area (Å²) in [6, 6.07) is 0. The van der Waals surface area contributed by atoms with Crippen LogP contribution in [-0.2, 0) is 13.5 Å². The second kappa shape index (κ2) is 3.48. The van der Waals surface area contributed by atoms with Gasteiger partial charge in [-0.05, 0) is 18.9 Å². The zero-order valence-electron chi connectivity index (χ0n) is 6.99. The topological polar surface area (TPSA) is 56.7 Å². The Morgan fingerprint density at radius 2 is 2.45 bits per heavy atom. The Kier molecular flexibility index (Phi) is 2.59. The molecule has 1 aromatic heterocycles. The van der Waals surface area contributed by atoms with Crippen molar-refractivity contribution in [2.75, 3.05) is 6.54 Å². The van der Waals surface area contributed by atoms with Gasteiger partial charge >= 0.3 is 0 Å². The summed E-state index contributed by atoms with van der Waals surface area (Å²) >= 11 is 0. The molecule has 0 aromatic carbocycles. The van der Waals surface area contributed by atoms with E-state index in [0.29, 0.717) is 12.5 Å². The van der Waals surface area contributed by atoms with Crippen LogP contribution in [0.15, 0.2) is 6.20 Å². The molecule has 1 atom stereocenters.